The van der Waals surface area contributed by atoms with E-state index in [2.05, 4.69) is 17.4 Å². The van der Waals surface area contributed by atoms with Crippen LogP contribution in [-0.2, 0) is 21.2 Å². The molecule has 7 heteroatoms. The van der Waals surface area contributed by atoms with Gasteiger partial charge in [0.15, 0.2) is 6.54 Å². The van der Waals surface area contributed by atoms with Crippen LogP contribution in [0.3, 0.4) is 0 Å². The Morgan fingerprint density at radius 2 is 1.69 bits per heavy atom. The Bertz CT molecular complexity index is 891. The van der Waals surface area contributed by atoms with E-state index in [4.69, 9.17) is 0 Å². The molecule has 0 saturated carbocycles. The van der Waals surface area contributed by atoms with Gasteiger partial charge in [0, 0.05) is 6.54 Å². The van der Waals surface area contributed by atoms with Crippen LogP contribution < -0.4 is 10.2 Å². The van der Waals surface area contributed by atoms with Gasteiger partial charge in [0.2, 0.25) is 10.0 Å². The molecule has 29 heavy (non-hydrogen) atoms. The maximum absolute atomic E-state index is 12.8. The van der Waals surface area contributed by atoms with Crippen molar-refractivity contribution in [1.29, 1.82) is 0 Å². The Morgan fingerprint density at radius 1 is 1.03 bits per heavy atom. The molecule has 6 nitrogen and oxygen atoms in total. The smallest absolute Gasteiger partial charge is 0.275 e. The Hall–Kier alpha value is -2.22. The molecule has 0 aliphatic carbocycles. The summed E-state index contributed by atoms with van der Waals surface area (Å²) in [5.41, 5.74) is 2.31. The summed E-state index contributed by atoms with van der Waals surface area (Å²) in [7, 11) is -3.46. The van der Waals surface area contributed by atoms with Crippen LogP contribution in [0.15, 0.2) is 59.5 Å². The van der Waals surface area contributed by atoms with Crippen LogP contribution in [0.5, 0.6) is 0 Å². The maximum Gasteiger partial charge on any atom is 0.275 e. The topological polar surface area (TPSA) is 70.9 Å². The van der Waals surface area contributed by atoms with E-state index in [1.165, 1.54) is 9.87 Å². The zero-order chi connectivity index (χ0) is 20.7. The molecule has 0 aromatic heterocycles. The van der Waals surface area contributed by atoms with Crippen LogP contribution in [0.25, 0.3) is 0 Å². The molecule has 2 N–H and O–H groups in total. The highest BCUT2D eigenvalue weighted by Gasteiger charge is 2.30. The number of piperazine rings is 1. The molecule has 1 aliphatic rings. The minimum Gasteiger partial charge on any atom is -0.351 e. The third kappa shape index (κ3) is 6.13. The molecule has 2 aromatic carbocycles. The Balaban J connectivity index is 1.39. The predicted octanol–water partition coefficient (Wildman–Crippen LogP) is 0.633. The van der Waals surface area contributed by atoms with Crippen LogP contribution >= 0.6 is 0 Å². The molecule has 1 saturated heterocycles. The molecule has 0 atom stereocenters. The minimum absolute atomic E-state index is 0.0305. The third-order valence-corrected chi connectivity index (χ3v) is 7.22. The molecule has 0 unspecified atom stereocenters. The standard InChI is InChI=1S/C22H29N3O3S/c1-19-9-11-21(12-10-19)29(27,28)25-16-14-24(15-17-25)18-22(26)23-13-5-8-20-6-3-2-4-7-20/h2-4,6-7,9-12H,5,8,13-18H2,1H3,(H,23,26)/p+1. The molecular weight excluding hydrogens is 386 g/mol. The number of sulfonamides is 1. The van der Waals surface area contributed by atoms with Gasteiger partial charge in [-0.2, -0.15) is 4.31 Å². The number of carbonyl (C=O) groups excluding carboxylic acids is 1. The van der Waals surface area contributed by atoms with Crippen LogP contribution in [0.1, 0.15) is 17.5 Å². The number of nitrogens with one attached hydrogen (secondary N) is 2. The summed E-state index contributed by atoms with van der Waals surface area (Å²) >= 11 is 0. The normalized spacial score (nSPS) is 15.9. The molecule has 1 amide bonds. The molecule has 0 bridgehead atoms. The van der Waals surface area contributed by atoms with Crippen LogP contribution in [0, 0.1) is 6.92 Å². The van der Waals surface area contributed by atoms with Gasteiger partial charge in [-0.05, 0) is 37.5 Å². The van der Waals surface area contributed by atoms with E-state index in [1.54, 1.807) is 12.1 Å². The minimum atomic E-state index is -3.46. The van der Waals surface area contributed by atoms with Crippen molar-refractivity contribution >= 4 is 15.9 Å². The van der Waals surface area contributed by atoms with Gasteiger partial charge in [0.05, 0.1) is 31.1 Å². The molecule has 1 aliphatic heterocycles. The molecule has 156 valence electrons. The lowest BCUT2D eigenvalue weighted by Crippen LogP contribution is -3.15. The molecule has 3 rings (SSSR count). The average molecular weight is 417 g/mol. The second kappa shape index (κ2) is 10.0. The Labute approximate surface area is 173 Å². The highest BCUT2D eigenvalue weighted by Crippen LogP contribution is 2.16. The second-order valence-corrected chi connectivity index (χ2v) is 9.52. The van der Waals surface area contributed by atoms with Gasteiger partial charge in [-0.15, -0.1) is 0 Å². The van der Waals surface area contributed by atoms with Gasteiger partial charge >= 0.3 is 0 Å². The molecule has 0 spiro atoms. The van der Waals surface area contributed by atoms with Crippen LogP contribution in [-0.4, -0.2) is 57.9 Å². The van der Waals surface area contributed by atoms with Crippen molar-refractivity contribution in [2.24, 2.45) is 0 Å². The fraction of sp³-hybridized carbons (Fsp3) is 0.409. The van der Waals surface area contributed by atoms with Crippen LogP contribution in [0.4, 0.5) is 0 Å². The monoisotopic (exact) mass is 416 g/mol. The summed E-state index contributed by atoms with van der Waals surface area (Å²) in [6.45, 7) is 5.15. The van der Waals surface area contributed by atoms with E-state index in [-0.39, 0.29) is 5.91 Å². The number of amides is 1. The summed E-state index contributed by atoms with van der Waals surface area (Å²) < 4.78 is 27.0. The van der Waals surface area contributed by atoms with Gasteiger partial charge in [0.1, 0.15) is 0 Å². The van der Waals surface area contributed by atoms with E-state index in [0.717, 1.165) is 23.3 Å². The number of aryl methyl sites for hydroxylation is 2. The summed E-state index contributed by atoms with van der Waals surface area (Å²) in [6.07, 6.45) is 1.86. The first-order valence-corrected chi connectivity index (χ1v) is 11.6. The van der Waals surface area contributed by atoms with Gasteiger partial charge in [-0.3, -0.25) is 4.79 Å². The molecule has 0 radical (unpaired) electrons. The van der Waals surface area contributed by atoms with Crippen LogP contribution in [0.2, 0.25) is 0 Å². The third-order valence-electron chi connectivity index (χ3n) is 5.31. The average Bonchev–Trinajstić information content (AvgIpc) is 2.73. The largest absolute Gasteiger partial charge is 0.351 e. The maximum atomic E-state index is 12.8. The van der Waals surface area contributed by atoms with E-state index in [1.807, 2.05) is 37.3 Å². The molecule has 1 fully saturated rings. The SMILES string of the molecule is Cc1ccc(S(=O)(=O)N2CC[NH+](CC(=O)NCCCc3ccccc3)CC2)cc1. The summed E-state index contributed by atoms with van der Waals surface area (Å²) in [5, 5.41) is 2.98. The number of quaternary nitrogens is 1. The van der Waals surface area contributed by atoms with Crippen molar-refractivity contribution in [3.05, 3.63) is 65.7 Å². The number of rotatable bonds is 8. The summed E-state index contributed by atoms with van der Waals surface area (Å²) in [5.74, 6) is 0.0305. The van der Waals surface area contributed by atoms with Gasteiger partial charge in [0.25, 0.3) is 5.91 Å². The van der Waals surface area contributed by atoms with Gasteiger partial charge < -0.3 is 10.2 Å². The van der Waals surface area contributed by atoms with E-state index >= 15 is 0 Å². The van der Waals surface area contributed by atoms with Crippen molar-refractivity contribution < 1.29 is 18.1 Å². The molecular formula is C22H30N3O3S+. The number of hydrogen-bond donors (Lipinski definition) is 2. The molecule has 2 aromatic rings. The highest BCUT2D eigenvalue weighted by atomic mass is 32.2. The lowest BCUT2D eigenvalue weighted by Gasteiger charge is -2.31. The highest BCUT2D eigenvalue weighted by molar-refractivity contribution is 7.89. The van der Waals surface area contributed by atoms with E-state index in [0.29, 0.717) is 44.2 Å². The van der Waals surface area contributed by atoms with Gasteiger partial charge in [-0.1, -0.05) is 48.0 Å². The zero-order valence-corrected chi connectivity index (χ0v) is 17.7. The lowest BCUT2D eigenvalue weighted by atomic mass is 10.1. The Kier molecular flexibility index (Phi) is 7.41. The molecule has 1 heterocycles. The predicted molar refractivity (Wildman–Crippen MR) is 113 cm³/mol. The number of carbonyl (C=O) groups is 1. The first kappa shape index (κ1) is 21.5. The second-order valence-electron chi connectivity index (χ2n) is 7.58. The van der Waals surface area contributed by atoms with E-state index in [9.17, 15) is 13.2 Å². The van der Waals surface area contributed by atoms with Crippen molar-refractivity contribution in [1.82, 2.24) is 9.62 Å². The summed E-state index contributed by atoms with van der Waals surface area (Å²) in [6, 6.07) is 17.2. The quantitative estimate of drug-likeness (QED) is 0.621. The van der Waals surface area contributed by atoms with Crippen molar-refractivity contribution in [3.63, 3.8) is 0 Å². The van der Waals surface area contributed by atoms with Crippen molar-refractivity contribution in [2.45, 2.75) is 24.7 Å². The van der Waals surface area contributed by atoms with Crippen molar-refractivity contribution in [2.75, 3.05) is 39.3 Å². The van der Waals surface area contributed by atoms with Gasteiger partial charge in [-0.25, -0.2) is 8.42 Å². The first-order chi connectivity index (χ1) is 13.9. The number of nitrogens with zero attached hydrogens (tertiary/aromatic N) is 1. The summed E-state index contributed by atoms with van der Waals surface area (Å²) in [4.78, 5) is 13.7. The van der Waals surface area contributed by atoms with E-state index < -0.39 is 10.0 Å². The van der Waals surface area contributed by atoms with Crippen molar-refractivity contribution in [3.8, 4) is 0 Å². The zero-order valence-electron chi connectivity index (χ0n) is 16.9. The lowest BCUT2D eigenvalue weighted by molar-refractivity contribution is -0.895. The first-order valence-electron chi connectivity index (χ1n) is 10.2. The fourth-order valence-electron chi connectivity index (χ4n) is 3.53. The fourth-order valence-corrected chi connectivity index (χ4v) is 4.97. The number of benzene rings is 2. The Morgan fingerprint density at radius 3 is 2.34 bits per heavy atom. The number of hydrogen-bond acceptors (Lipinski definition) is 3.